The number of hydrogen-bond donors (Lipinski definition) is 4. The predicted molar refractivity (Wildman–Crippen MR) is 34.6 cm³/mol. The molecule has 0 saturated carbocycles. The van der Waals surface area contributed by atoms with Crippen molar-refractivity contribution in [3.05, 3.63) is 0 Å². The number of rotatable bonds is 0. The fourth-order valence-corrected chi connectivity index (χ4v) is 0.930. The van der Waals surface area contributed by atoms with E-state index < -0.39 is 30.7 Å². The van der Waals surface area contributed by atoms with Crippen LogP contribution in [0.1, 0.15) is 8.29 Å². The number of hydrogen-bond acceptors (Lipinski definition) is 5. The highest BCUT2D eigenvalue weighted by Gasteiger charge is 2.40. The Bertz CT molecular complexity index is 157. The molecule has 0 spiro atoms. The molecule has 1 aliphatic rings. The third kappa shape index (κ3) is 1.52. The smallest absolute Gasteiger partial charge is 0.183 e. The summed E-state index contributed by atoms with van der Waals surface area (Å²) in [5, 5.41) is 36.3. The molecular weight excluding hydrogens is 152 g/mol. The minimum absolute atomic E-state index is 0.883. The van der Waals surface area contributed by atoms with Crippen molar-refractivity contribution in [2.45, 2.75) is 37.6 Å². The average molecular weight is 165 g/mol. The van der Waals surface area contributed by atoms with E-state index in [2.05, 4.69) is 4.74 Å². The van der Waals surface area contributed by atoms with Gasteiger partial charge in [-0.2, -0.15) is 0 Å². The van der Waals surface area contributed by atoms with Gasteiger partial charge in [-0.05, 0) is 6.92 Å². The zero-order chi connectivity index (χ0) is 9.52. The van der Waals surface area contributed by atoms with Gasteiger partial charge in [0, 0.05) is 0 Å². The van der Waals surface area contributed by atoms with Crippen molar-refractivity contribution >= 4 is 0 Å². The Morgan fingerprint density at radius 1 is 1.18 bits per heavy atom. The van der Waals surface area contributed by atoms with Crippen LogP contribution in [0.15, 0.2) is 0 Å². The van der Waals surface area contributed by atoms with Crippen LogP contribution in [-0.4, -0.2) is 51.1 Å². The molecule has 0 radical (unpaired) electrons. The molecule has 0 aromatic rings. The topological polar surface area (TPSA) is 90.2 Å². The third-order valence-electron chi connectivity index (χ3n) is 1.67. The maximum atomic E-state index is 9.18. The molecule has 5 atom stereocenters. The standard InChI is InChI=1S/C6H12O5/c1-2-3(7)4(8)5(9)6(10)11-2/h2-10H,1H3/t2-,3+,4+,5-,6?/m1/s1/i4D. The second-order valence-electron chi connectivity index (χ2n) is 2.55. The fraction of sp³-hybridized carbons (Fsp3) is 1.00. The van der Waals surface area contributed by atoms with Crippen LogP contribution in [0.4, 0.5) is 0 Å². The van der Waals surface area contributed by atoms with E-state index in [9.17, 15) is 5.11 Å². The largest absolute Gasteiger partial charge is 0.388 e. The number of aliphatic hydroxyl groups excluding tert-OH is 3. The first-order valence-electron chi connectivity index (χ1n) is 3.79. The molecule has 11 heavy (non-hydrogen) atoms. The average Bonchev–Trinajstić information content (AvgIpc) is 1.99. The van der Waals surface area contributed by atoms with Crippen LogP contribution in [0.25, 0.3) is 0 Å². The Kier molecular flexibility index (Phi) is 2.06. The normalized spacial score (nSPS) is 60.6. The van der Waals surface area contributed by atoms with Crippen molar-refractivity contribution in [1.82, 2.24) is 0 Å². The van der Waals surface area contributed by atoms with E-state index in [4.69, 9.17) is 16.7 Å². The van der Waals surface area contributed by atoms with Crippen molar-refractivity contribution in [1.29, 1.82) is 0 Å². The van der Waals surface area contributed by atoms with Crippen molar-refractivity contribution < 1.29 is 26.5 Å². The lowest BCUT2D eigenvalue weighted by molar-refractivity contribution is -0.277. The zero-order valence-electron chi connectivity index (χ0n) is 7.01. The first-order valence-corrected chi connectivity index (χ1v) is 3.29. The van der Waals surface area contributed by atoms with E-state index >= 15 is 0 Å². The third-order valence-corrected chi connectivity index (χ3v) is 1.67. The molecule has 0 aromatic carbocycles. The summed E-state index contributed by atoms with van der Waals surface area (Å²) in [6.45, 7) is 1.39. The van der Waals surface area contributed by atoms with E-state index in [0.717, 1.165) is 0 Å². The maximum absolute atomic E-state index is 9.18. The molecular formula is C6H12O5. The number of ether oxygens (including phenoxy) is 1. The molecule has 5 heteroatoms. The van der Waals surface area contributed by atoms with Crippen molar-refractivity contribution in [3.63, 3.8) is 0 Å². The highest BCUT2D eigenvalue weighted by atomic mass is 16.6. The number of aliphatic hydroxyl groups is 4. The second kappa shape index (κ2) is 3.04. The van der Waals surface area contributed by atoms with E-state index in [1.165, 1.54) is 6.92 Å². The molecule has 0 amide bonds. The van der Waals surface area contributed by atoms with Gasteiger partial charge in [0.2, 0.25) is 0 Å². The second-order valence-corrected chi connectivity index (χ2v) is 2.55. The predicted octanol–water partition coefficient (Wildman–Crippen LogP) is -2.19. The minimum Gasteiger partial charge on any atom is -0.388 e. The summed E-state index contributed by atoms with van der Waals surface area (Å²) in [6.07, 6.45) is -8.34. The Hall–Kier alpha value is -0.200. The molecule has 1 rings (SSSR count). The SMILES string of the molecule is [2H][C@@]1(O)[C@@H](O)C(O)O[C@H](C)[C@@H]1O. The first-order chi connectivity index (χ1) is 5.37. The highest BCUT2D eigenvalue weighted by Crippen LogP contribution is 2.18. The van der Waals surface area contributed by atoms with E-state index in [0.29, 0.717) is 0 Å². The molecule has 1 unspecified atom stereocenters. The quantitative estimate of drug-likeness (QED) is 0.327. The van der Waals surface area contributed by atoms with E-state index in [-0.39, 0.29) is 0 Å². The molecule has 4 N–H and O–H groups in total. The molecule has 0 aliphatic carbocycles. The lowest BCUT2D eigenvalue weighted by Crippen LogP contribution is -2.56. The highest BCUT2D eigenvalue weighted by molar-refractivity contribution is 4.86. The molecule has 66 valence electrons. The van der Waals surface area contributed by atoms with Gasteiger partial charge in [0.1, 0.15) is 18.3 Å². The van der Waals surface area contributed by atoms with E-state index in [1.807, 2.05) is 0 Å². The van der Waals surface area contributed by atoms with Crippen LogP contribution in [0, 0.1) is 0 Å². The first kappa shape index (κ1) is 7.45. The molecule has 5 nitrogen and oxygen atoms in total. The van der Waals surface area contributed by atoms with Gasteiger partial charge in [0.15, 0.2) is 6.29 Å². The molecule has 1 saturated heterocycles. The Morgan fingerprint density at radius 2 is 1.73 bits per heavy atom. The Balaban J connectivity index is 2.82. The lowest BCUT2D eigenvalue weighted by Gasteiger charge is -2.36. The van der Waals surface area contributed by atoms with Crippen LogP contribution >= 0.6 is 0 Å². The van der Waals surface area contributed by atoms with Gasteiger partial charge in [-0.3, -0.25) is 0 Å². The van der Waals surface area contributed by atoms with Gasteiger partial charge < -0.3 is 25.2 Å². The van der Waals surface area contributed by atoms with Gasteiger partial charge >= 0.3 is 0 Å². The van der Waals surface area contributed by atoms with E-state index in [1.54, 1.807) is 0 Å². The summed E-state index contributed by atoms with van der Waals surface area (Å²) in [7, 11) is 0. The monoisotopic (exact) mass is 165 g/mol. The van der Waals surface area contributed by atoms with Crippen molar-refractivity contribution in [2.24, 2.45) is 0 Å². The minimum atomic E-state index is -2.48. The molecule has 0 bridgehead atoms. The maximum Gasteiger partial charge on any atom is 0.183 e. The summed E-state index contributed by atoms with van der Waals surface area (Å²) in [4.78, 5) is 0. The summed E-state index contributed by atoms with van der Waals surface area (Å²) >= 11 is 0. The van der Waals surface area contributed by atoms with Gasteiger partial charge in [-0.25, -0.2) is 0 Å². The van der Waals surface area contributed by atoms with Gasteiger partial charge in [0.25, 0.3) is 0 Å². The van der Waals surface area contributed by atoms with Crippen LogP contribution in [0.2, 0.25) is 0 Å². The summed E-state index contributed by atoms with van der Waals surface area (Å²) in [6, 6.07) is 0. The Morgan fingerprint density at radius 3 is 2.27 bits per heavy atom. The molecule has 0 aromatic heterocycles. The lowest BCUT2D eigenvalue weighted by atomic mass is 10.0. The summed E-state index contributed by atoms with van der Waals surface area (Å²) in [5.74, 6) is 0. The van der Waals surface area contributed by atoms with Crippen molar-refractivity contribution in [3.8, 4) is 0 Å². The Labute approximate surface area is 65.3 Å². The van der Waals surface area contributed by atoms with Crippen LogP contribution in [0.3, 0.4) is 0 Å². The van der Waals surface area contributed by atoms with Crippen LogP contribution < -0.4 is 0 Å². The summed E-state index contributed by atoms with van der Waals surface area (Å²) < 4.78 is 11.7. The zero-order valence-corrected chi connectivity index (χ0v) is 6.01. The fourth-order valence-electron chi connectivity index (χ4n) is 0.930. The van der Waals surface area contributed by atoms with Gasteiger partial charge in [-0.15, -0.1) is 0 Å². The summed E-state index contributed by atoms with van der Waals surface area (Å²) in [5.41, 5.74) is 0. The van der Waals surface area contributed by atoms with Gasteiger partial charge in [-0.1, -0.05) is 0 Å². The van der Waals surface area contributed by atoms with Crippen molar-refractivity contribution in [2.75, 3.05) is 0 Å². The van der Waals surface area contributed by atoms with Crippen LogP contribution in [-0.2, 0) is 4.74 Å². The molecule has 1 heterocycles. The van der Waals surface area contributed by atoms with Crippen LogP contribution in [0.5, 0.6) is 0 Å². The molecule has 1 aliphatic heterocycles. The molecule has 1 fully saturated rings. The van der Waals surface area contributed by atoms with Gasteiger partial charge in [0.05, 0.1) is 7.47 Å².